The van der Waals surface area contributed by atoms with Crippen molar-refractivity contribution in [3.8, 4) is 0 Å². The summed E-state index contributed by atoms with van der Waals surface area (Å²) < 4.78 is 5.33. The molecule has 1 heterocycles. The fourth-order valence-corrected chi connectivity index (χ4v) is 2.66. The number of nitrogens with zero attached hydrogens (tertiary/aromatic N) is 1. The number of benzene rings is 1. The molecule has 0 bridgehead atoms. The van der Waals surface area contributed by atoms with Crippen LogP contribution in [0.5, 0.6) is 0 Å². The first-order valence-corrected chi connectivity index (χ1v) is 6.90. The number of carbonyl (C=O) groups is 1. The second kappa shape index (κ2) is 5.39. The first kappa shape index (κ1) is 12.2. The van der Waals surface area contributed by atoms with Crippen molar-refractivity contribution in [3.63, 3.8) is 0 Å². The molecule has 0 saturated heterocycles. The standard InChI is InChI=1S/C16H17NO2/c18-16-14(11-12-7-3-1-4-8-12)17-15(19-16)13-9-5-2-6-10-13/h1,3-4,7-8,11,13H,2,5-6,9-10H2/b14-11+. The Hall–Kier alpha value is -1.90. The molecule has 0 atom stereocenters. The Kier molecular flexibility index (Phi) is 3.45. The van der Waals surface area contributed by atoms with Gasteiger partial charge in [0, 0.05) is 5.92 Å². The second-order valence-electron chi connectivity index (χ2n) is 5.11. The molecule has 0 unspecified atom stereocenters. The van der Waals surface area contributed by atoms with Crippen molar-refractivity contribution < 1.29 is 9.53 Å². The first-order valence-electron chi connectivity index (χ1n) is 6.90. The maximum absolute atomic E-state index is 11.8. The summed E-state index contributed by atoms with van der Waals surface area (Å²) in [5.41, 5.74) is 1.40. The first-order chi connectivity index (χ1) is 9.33. The van der Waals surface area contributed by atoms with Crippen LogP contribution in [0.15, 0.2) is 41.0 Å². The lowest BCUT2D eigenvalue weighted by atomic mass is 9.89. The van der Waals surface area contributed by atoms with Gasteiger partial charge in [-0.2, -0.15) is 0 Å². The van der Waals surface area contributed by atoms with Gasteiger partial charge in [-0.3, -0.25) is 0 Å². The zero-order valence-corrected chi connectivity index (χ0v) is 10.8. The Morgan fingerprint density at radius 3 is 2.58 bits per heavy atom. The van der Waals surface area contributed by atoms with Gasteiger partial charge in [0.05, 0.1) is 0 Å². The quantitative estimate of drug-likeness (QED) is 0.598. The second-order valence-corrected chi connectivity index (χ2v) is 5.11. The number of hydrogen-bond acceptors (Lipinski definition) is 3. The summed E-state index contributed by atoms with van der Waals surface area (Å²) in [5, 5.41) is 0. The molecule has 3 nitrogen and oxygen atoms in total. The molecule has 1 aromatic carbocycles. The SMILES string of the molecule is O=C1OC(C2CCCCC2)=N/C1=C/c1ccccc1. The van der Waals surface area contributed by atoms with E-state index >= 15 is 0 Å². The highest BCUT2D eigenvalue weighted by Gasteiger charge is 2.29. The smallest absolute Gasteiger partial charge is 0.363 e. The van der Waals surface area contributed by atoms with Gasteiger partial charge in [-0.05, 0) is 24.5 Å². The third-order valence-electron chi connectivity index (χ3n) is 3.69. The third-order valence-corrected chi connectivity index (χ3v) is 3.69. The van der Waals surface area contributed by atoms with Gasteiger partial charge < -0.3 is 4.74 Å². The van der Waals surface area contributed by atoms with Gasteiger partial charge in [0.25, 0.3) is 0 Å². The fourth-order valence-electron chi connectivity index (χ4n) is 2.66. The van der Waals surface area contributed by atoms with E-state index in [2.05, 4.69) is 4.99 Å². The van der Waals surface area contributed by atoms with Crippen molar-refractivity contribution in [2.24, 2.45) is 10.9 Å². The van der Waals surface area contributed by atoms with Crippen molar-refractivity contribution in [2.45, 2.75) is 32.1 Å². The van der Waals surface area contributed by atoms with Crippen LogP contribution in [-0.4, -0.2) is 11.9 Å². The lowest BCUT2D eigenvalue weighted by molar-refractivity contribution is -0.130. The molecule has 0 aromatic heterocycles. The van der Waals surface area contributed by atoms with E-state index in [1.807, 2.05) is 30.3 Å². The number of aliphatic imine (C=N–C) groups is 1. The normalized spacial score (nSPS) is 22.4. The van der Waals surface area contributed by atoms with Gasteiger partial charge in [0.15, 0.2) is 5.70 Å². The minimum Gasteiger partial charge on any atom is -0.406 e. The monoisotopic (exact) mass is 255 g/mol. The van der Waals surface area contributed by atoms with E-state index < -0.39 is 0 Å². The average Bonchev–Trinajstić information content (AvgIpc) is 2.82. The highest BCUT2D eigenvalue weighted by Crippen LogP contribution is 2.29. The molecule has 0 spiro atoms. The Morgan fingerprint density at radius 1 is 1.11 bits per heavy atom. The lowest BCUT2D eigenvalue weighted by Crippen LogP contribution is -2.19. The number of cyclic esters (lactones) is 1. The lowest BCUT2D eigenvalue weighted by Gasteiger charge is -2.19. The molecule has 0 radical (unpaired) electrons. The summed E-state index contributed by atoms with van der Waals surface area (Å²) in [6.07, 6.45) is 7.66. The molecule has 19 heavy (non-hydrogen) atoms. The van der Waals surface area contributed by atoms with Crippen LogP contribution in [0.3, 0.4) is 0 Å². The summed E-state index contributed by atoms with van der Waals surface area (Å²) >= 11 is 0. The zero-order chi connectivity index (χ0) is 13.1. The molecule has 1 aliphatic carbocycles. The van der Waals surface area contributed by atoms with Crippen LogP contribution in [0.1, 0.15) is 37.7 Å². The van der Waals surface area contributed by atoms with Crippen LogP contribution in [0.2, 0.25) is 0 Å². The van der Waals surface area contributed by atoms with Gasteiger partial charge in [-0.15, -0.1) is 0 Å². The van der Waals surface area contributed by atoms with Crippen LogP contribution in [0.25, 0.3) is 6.08 Å². The van der Waals surface area contributed by atoms with Crippen molar-refractivity contribution in [2.75, 3.05) is 0 Å². The molecule has 1 saturated carbocycles. The average molecular weight is 255 g/mol. The molecular formula is C16H17NO2. The Balaban J connectivity index is 1.81. The van der Waals surface area contributed by atoms with E-state index in [0.717, 1.165) is 18.4 Å². The third kappa shape index (κ3) is 2.75. The van der Waals surface area contributed by atoms with Gasteiger partial charge in [0.2, 0.25) is 5.90 Å². The molecule has 1 fully saturated rings. The zero-order valence-electron chi connectivity index (χ0n) is 10.8. The predicted molar refractivity (Wildman–Crippen MR) is 74.5 cm³/mol. The summed E-state index contributed by atoms with van der Waals surface area (Å²) in [5.74, 6) is 0.649. The fraction of sp³-hybridized carbons (Fsp3) is 0.375. The highest BCUT2D eigenvalue weighted by atomic mass is 16.6. The van der Waals surface area contributed by atoms with Gasteiger partial charge in [-0.25, -0.2) is 9.79 Å². The van der Waals surface area contributed by atoms with Gasteiger partial charge in [-0.1, -0.05) is 49.6 Å². The molecule has 3 heteroatoms. The van der Waals surface area contributed by atoms with E-state index in [1.165, 1.54) is 19.3 Å². The number of carbonyl (C=O) groups excluding carboxylic acids is 1. The number of esters is 1. The summed E-state index contributed by atoms with van der Waals surface area (Å²) in [6.45, 7) is 0. The van der Waals surface area contributed by atoms with Crippen LogP contribution < -0.4 is 0 Å². The molecule has 3 rings (SSSR count). The molecular weight excluding hydrogens is 238 g/mol. The maximum atomic E-state index is 11.8. The van der Waals surface area contributed by atoms with Gasteiger partial charge in [0.1, 0.15) is 0 Å². The molecule has 2 aliphatic rings. The van der Waals surface area contributed by atoms with Crippen LogP contribution in [0.4, 0.5) is 0 Å². The Labute approximate surface area is 113 Å². The van der Waals surface area contributed by atoms with Crippen LogP contribution >= 0.6 is 0 Å². The van der Waals surface area contributed by atoms with Crippen molar-refractivity contribution >= 4 is 17.9 Å². The van der Waals surface area contributed by atoms with Crippen molar-refractivity contribution in [1.82, 2.24) is 0 Å². The van der Waals surface area contributed by atoms with Crippen molar-refractivity contribution in [3.05, 3.63) is 41.6 Å². The minimum absolute atomic E-state index is 0.315. The van der Waals surface area contributed by atoms with Gasteiger partial charge >= 0.3 is 5.97 Å². The number of rotatable bonds is 2. The predicted octanol–water partition coefficient (Wildman–Crippen LogP) is 3.56. The van der Waals surface area contributed by atoms with Crippen LogP contribution in [-0.2, 0) is 9.53 Å². The Morgan fingerprint density at radius 2 is 1.84 bits per heavy atom. The molecule has 1 aromatic rings. The minimum atomic E-state index is -0.315. The highest BCUT2D eigenvalue weighted by molar-refractivity contribution is 6.07. The van der Waals surface area contributed by atoms with Crippen molar-refractivity contribution in [1.29, 1.82) is 0 Å². The molecule has 98 valence electrons. The van der Waals surface area contributed by atoms with E-state index in [4.69, 9.17) is 4.74 Å². The molecule has 1 aliphatic heterocycles. The molecule has 0 N–H and O–H groups in total. The van der Waals surface area contributed by atoms with Crippen LogP contribution in [0, 0.1) is 5.92 Å². The Bertz CT molecular complexity index is 525. The summed E-state index contributed by atoms with van der Waals surface area (Å²) in [4.78, 5) is 16.2. The summed E-state index contributed by atoms with van der Waals surface area (Å²) in [7, 11) is 0. The number of ether oxygens (including phenoxy) is 1. The molecule has 0 amide bonds. The number of hydrogen-bond donors (Lipinski definition) is 0. The maximum Gasteiger partial charge on any atom is 0.363 e. The topological polar surface area (TPSA) is 38.7 Å². The van der Waals surface area contributed by atoms with E-state index in [0.29, 0.717) is 17.5 Å². The largest absolute Gasteiger partial charge is 0.406 e. The van der Waals surface area contributed by atoms with E-state index in [1.54, 1.807) is 6.08 Å². The van der Waals surface area contributed by atoms with E-state index in [9.17, 15) is 4.79 Å². The summed E-state index contributed by atoms with van der Waals surface area (Å²) in [6, 6.07) is 9.74. The van der Waals surface area contributed by atoms with E-state index in [-0.39, 0.29) is 5.97 Å².